The predicted molar refractivity (Wildman–Crippen MR) is 59.5 cm³/mol. The Balaban J connectivity index is 2.13. The molecule has 1 N–H and O–H groups in total. The molecule has 2 rings (SSSR count). The van der Waals surface area contributed by atoms with Gasteiger partial charge in [0.15, 0.2) is 0 Å². The summed E-state index contributed by atoms with van der Waals surface area (Å²) in [5, 5.41) is 2.18. The van der Waals surface area contributed by atoms with Gasteiger partial charge in [-0.15, -0.1) is 0 Å². The minimum Gasteiger partial charge on any atom is -0.319 e. The molecule has 1 unspecified atom stereocenters. The Labute approximate surface area is 103 Å². The normalized spacial score (nSPS) is 19.9. The zero-order chi connectivity index (χ0) is 13.3. The molecule has 3 amide bonds. The molecule has 0 bridgehead atoms. The van der Waals surface area contributed by atoms with Gasteiger partial charge in [0, 0.05) is 18.2 Å². The lowest BCUT2D eigenvalue weighted by Gasteiger charge is -2.30. The van der Waals surface area contributed by atoms with Crippen LogP contribution in [0.1, 0.15) is 12.5 Å². The van der Waals surface area contributed by atoms with E-state index in [1.165, 1.54) is 11.0 Å². The topological polar surface area (TPSA) is 49.4 Å². The number of hydrogen-bond acceptors (Lipinski definition) is 2. The summed E-state index contributed by atoms with van der Waals surface area (Å²) >= 11 is 0. The molecule has 0 radical (unpaired) electrons. The van der Waals surface area contributed by atoms with Gasteiger partial charge in [-0.3, -0.25) is 10.1 Å². The van der Waals surface area contributed by atoms with Gasteiger partial charge in [0.05, 0.1) is 12.5 Å². The number of nitrogens with one attached hydrogen (secondary N) is 1. The van der Waals surface area contributed by atoms with Gasteiger partial charge in [-0.1, -0.05) is 13.0 Å². The van der Waals surface area contributed by atoms with Gasteiger partial charge in [-0.2, -0.15) is 0 Å². The lowest BCUT2D eigenvalue weighted by atomic mass is 10.1. The fourth-order valence-electron chi connectivity index (χ4n) is 1.80. The number of urea groups is 1. The maximum atomic E-state index is 13.4. The molecule has 1 fully saturated rings. The Morgan fingerprint density at radius 3 is 2.78 bits per heavy atom. The fourth-order valence-corrected chi connectivity index (χ4v) is 1.80. The lowest BCUT2D eigenvalue weighted by Crippen LogP contribution is -2.53. The van der Waals surface area contributed by atoms with Crippen molar-refractivity contribution in [1.82, 2.24) is 10.2 Å². The smallest absolute Gasteiger partial charge is 0.319 e. The Morgan fingerprint density at radius 1 is 1.39 bits per heavy atom. The molecule has 18 heavy (non-hydrogen) atoms. The molecule has 0 aliphatic carbocycles. The summed E-state index contributed by atoms with van der Waals surface area (Å²) in [6.07, 6.45) is 0. The standard InChI is InChI=1S/C12H12F2N2O2/c1-7-5-16(12(18)15-11(7)17)6-8-2-3-9(13)4-10(8)14/h2-4,7H,5-6H2,1H3,(H,15,17,18). The third-order valence-electron chi connectivity index (χ3n) is 2.84. The van der Waals surface area contributed by atoms with Crippen molar-refractivity contribution in [2.24, 2.45) is 5.92 Å². The van der Waals surface area contributed by atoms with E-state index < -0.39 is 17.7 Å². The van der Waals surface area contributed by atoms with Crippen LogP contribution in [-0.2, 0) is 11.3 Å². The van der Waals surface area contributed by atoms with E-state index in [2.05, 4.69) is 5.32 Å². The largest absolute Gasteiger partial charge is 0.324 e. The van der Waals surface area contributed by atoms with E-state index in [4.69, 9.17) is 0 Å². The molecule has 1 atom stereocenters. The van der Waals surface area contributed by atoms with Gasteiger partial charge in [0.25, 0.3) is 0 Å². The van der Waals surface area contributed by atoms with Crippen LogP contribution in [0.15, 0.2) is 18.2 Å². The molecule has 1 saturated heterocycles. The first-order valence-electron chi connectivity index (χ1n) is 5.51. The number of benzene rings is 1. The van der Waals surface area contributed by atoms with Crippen molar-refractivity contribution in [2.75, 3.05) is 6.54 Å². The Kier molecular flexibility index (Phi) is 3.27. The quantitative estimate of drug-likeness (QED) is 0.872. The van der Waals surface area contributed by atoms with Crippen LogP contribution in [0, 0.1) is 17.6 Å². The Bertz CT molecular complexity index is 505. The van der Waals surface area contributed by atoms with Crippen molar-refractivity contribution in [3.63, 3.8) is 0 Å². The van der Waals surface area contributed by atoms with Gasteiger partial charge in [-0.25, -0.2) is 13.6 Å². The summed E-state index contributed by atoms with van der Waals surface area (Å²) in [7, 11) is 0. The molecule has 0 aromatic heterocycles. The number of hydrogen-bond donors (Lipinski definition) is 1. The molecular formula is C12H12F2N2O2. The van der Waals surface area contributed by atoms with Crippen LogP contribution in [0.25, 0.3) is 0 Å². The van der Waals surface area contributed by atoms with Crippen LogP contribution >= 0.6 is 0 Å². The fraction of sp³-hybridized carbons (Fsp3) is 0.333. The molecule has 1 aliphatic rings. The summed E-state index contributed by atoms with van der Waals surface area (Å²) in [6, 6.07) is 2.64. The van der Waals surface area contributed by atoms with Crippen molar-refractivity contribution < 1.29 is 18.4 Å². The molecule has 4 nitrogen and oxygen atoms in total. The lowest BCUT2D eigenvalue weighted by molar-refractivity contribution is -0.125. The minimum atomic E-state index is -0.702. The van der Waals surface area contributed by atoms with Crippen LogP contribution in [0.5, 0.6) is 0 Å². The molecule has 0 saturated carbocycles. The maximum absolute atomic E-state index is 13.4. The van der Waals surface area contributed by atoms with Gasteiger partial charge in [-0.05, 0) is 6.07 Å². The summed E-state index contributed by atoms with van der Waals surface area (Å²) in [5.41, 5.74) is 0.216. The molecule has 6 heteroatoms. The Hall–Kier alpha value is -1.98. The number of rotatable bonds is 2. The summed E-state index contributed by atoms with van der Waals surface area (Å²) in [4.78, 5) is 24.1. The third kappa shape index (κ3) is 2.47. The SMILES string of the molecule is CC1CN(Cc2ccc(F)cc2F)C(=O)NC1=O. The second-order valence-electron chi connectivity index (χ2n) is 4.31. The summed E-state index contributed by atoms with van der Waals surface area (Å²) in [6.45, 7) is 1.91. The van der Waals surface area contributed by atoms with Crippen LogP contribution in [0.4, 0.5) is 13.6 Å². The van der Waals surface area contributed by atoms with Crippen molar-refractivity contribution in [3.8, 4) is 0 Å². The average Bonchev–Trinajstić information content (AvgIpc) is 2.29. The van der Waals surface area contributed by atoms with E-state index >= 15 is 0 Å². The van der Waals surface area contributed by atoms with Gasteiger partial charge in [0.1, 0.15) is 11.6 Å². The molecule has 0 spiro atoms. The first-order valence-corrected chi connectivity index (χ1v) is 5.51. The zero-order valence-corrected chi connectivity index (χ0v) is 9.74. The van der Waals surface area contributed by atoms with E-state index in [9.17, 15) is 18.4 Å². The molecule has 1 aromatic rings. The van der Waals surface area contributed by atoms with Gasteiger partial charge in [0.2, 0.25) is 5.91 Å². The second kappa shape index (κ2) is 4.72. The first kappa shape index (κ1) is 12.5. The summed E-state index contributed by atoms with van der Waals surface area (Å²) in [5.74, 6) is -2.04. The highest BCUT2D eigenvalue weighted by atomic mass is 19.1. The van der Waals surface area contributed by atoms with Crippen LogP contribution in [0.3, 0.4) is 0 Å². The van der Waals surface area contributed by atoms with Crippen LogP contribution in [-0.4, -0.2) is 23.4 Å². The summed E-state index contributed by atoms with van der Waals surface area (Å²) < 4.78 is 26.2. The highest BCUT2D eigenvalue weighted by Gasteiger charge is 2.29. The number of imide groups is 1. The molecule has 1 aromatic carbocycles. The molecule has 96 valence electrons. The third-order valence-corrected chi connectivity index (χ3v) is 2.84. The van der Waals surface area contributed by atoms with Crippen molar-refractivity contribution in [3.05, 3.63) is 35.4 Å². The van der Waals surface area contributed by atoms with Gasteiger partial charge < -0.3 is 4.90 Å². The minimum absolute atomic E-state index is 0.00949. The van der Waals surface area contributed by atoms with E-state index in [1.807, 2.05) is 0 Å². The van der Waals surface area contributed by atoms with E-state index in [1.54, 1.807) is 6.92 Å². The monoisotopic (exact) mass is 254 g/mol. The van der Waals surface area contributed by atoms with E-state index in [0.29, 0.717) is 0 Å². The number of nitrogens with zero attached hydrogens (tertiary/aromatic N) is 1. The first-order chi connectivity index (χ1) is 8.47. The molecule has 1 heterocycles. The number of carbonyl (C=O) groups is 2. The van der Waals surface area contributed by atoms with Crippen molar-refractivity contribution in [2.45, 2.75) is 13.5 Å². The van der Waals surface area contributed by atoms with Crippen LogP contribution < -0.4 is 5.32 Å². The zero-order valence-electron chi connectivity index (χ0n) is 9.74. The second-order valence-corrected chi connectivity index (χ2v) is 4.31. The predicted octanol–water partition coefficient (Wildman–Crippen LogP) is 1.65. The average molecular weight is 254 g/mol. The number of carbonyl (C=O) groups excluding carboxylic acids is 2. The number of halogens is 2. The highest BCUT2D eigenvalue weighted by molar-refractivity contribution is 5.97. The van der Waals surface area contributed by atoms with Crippen molar-refractivity contribution >= 4 is 11.9 Å². The molecule has 1 aliphatic heterocycles. The van der Waals surface area contributed by atoms with E-state index in [-0.39, 0.29) is 30.5 Å². The van der Waals surface area contributed by atoms with E-state index in [0.717, 1.165) is 12.1 Å². The molecular weight excluding hydrogens is 242 g/mol. The van der Waals surface area contributed by atoms with Crippen molar-refractivity contribution in [1.29, 1.82) is 0 Å². The maximum Gasteiger partial charge on any atom is 0.324 e. The Morgan fingerprint density at radius 2 is 2.11 bits per heavy atom. The van der Waals surface area contributed by atoms with Gasteiger partial charge >= 0.3 is 6.03 Å². The number of amides is 3. The highest BCUT2D eigenvalue weighted by Crippen LogP contribution is 2.15. The van der Waals surface area contributed by atoms with Crippen LogP contribution in [0.2, 0.25) is 0 Å².